The summed E-state index contributed by atoms with van der Waals surface area (Å²) >= 11 is 14.0. The summed E-state index contributed by atoms with van der Waals surface area (Å²) in [6, 6.07) is 22.2. The topological polar surface area (TPSA) is 71.4 Å². The number of carbonyl (C=O) groups is 2. The Morgan fingerprint density at radius 3 is 2.12 bits per heavy atom. The number of methoxy groups -OCH3 is 2. The van der Waals surface area contributed by atoms with E-state index in [1.54, 1.807) is 43.3 Å². The molecule has 3 aromatic carbocycles. The van der Waals surface area contributed by atoms with Gasteiger partial charge < -0.3 is 14.4 Å². The molecule has 212 valence electrons. The minimum Gasteiger partial charge on any atom is -0.468 e. The van der Waals surface area contributed by atoms with E-state index >= 15 is 0 Å². The van der Waals surface area contributed by atoms with Crippen molar-refractivity contribution in [2.75, 3.05) is 30.6 Å². The fourth-order valence-corrected chi connectivity index (χ4v) is 7.76. The van der Waals surface area contributed by atoms with Gasteiger partial charge in [-0.15, -0.1) is 0 Å². The number of fused-ring (bicyclic) bond motifs is 1. The molecule has 0 saturated carbocycles. The van der Waals surface area contributed by atoms with Crippen LogP contribution in [0.4, 0.5) is 17.1 Å². The van der Waals surface area contributed by atoms with Gasteiger partial charge >= 0.3 is 11.9 Å². The maximum absolute atomic E-state index is 14.3. The molecule has 2 heterocycles. The highest BCUT2D eigenvalue weighted by Gasteiger charge is 2.73. The Morgan fingerprint density at radius 1 is 0.927 bits per heavy atom. The molecule has 3 aromatic rings. The van der Waals surface area contributed by atoms with Crippen LogP contribution in [0.15, 0.2) is 94.0 Å². The van der Waals surface area contributed by atoms with E-state index < -0.39 is 22.2 Å². The molecule has 0 radical (unpaired) electrons. The predicted octanol–water partition coefficient (Wildman–Crippen LogP) is 7.50. The number of halogens is 2. The van der Waals surface area contributed by atoms with Crippen LogP contribution in [-0.4, -0.2) is 43.4 Å². The molecule has 2 aliphatic rings. The maximum atomic E-state index is 14.3. The Balaban J connectivity index is 1.96. The lowest BCUT2D eigenvalue weighted by molar-refractivity contribution is -0.148. The van der Waals surface area contributed by atoms with Crippen molar-refractivity contribution < 1.29 is 19.1 Å². The zero-order valence-electron chi connectivity index (χ0n) is 23.3. The number of para-hydroxylation sites is 1. The Hall–Kier alpha value is -3.46. The molecule has 2 atom stereocenters. The summed E-state index contributed by atoms with van der Waals surface area (Å²) in [6.45, 7) is 6.09. The fourth-order valence-electron chi connectivity index (χ4n) is 5.71. The minimum atomic E-state index is -1.43. The third kappa shape index (κ3) is 4.40. The van der Waals surface area contributed by atoms with Gasteiger partial charge in [-0.3, -0.25) is 9.69 Å². The van der Waals surface area contributed by atoms with Gasteiger partial charge in [-0.2, -0.15) is 0 Å². The Kier molecular flexibility index (Phi) is 7.85. The molecular weight excluding hydrogens is 581 g/mol. The average Bonchev–Trinajstić information content (AvgIpc) is 3.43. The zero-order valence-corrected chi connectivity index (χ0v) is 25.6. The summed E-state index contributed by atoms with van der Waals surface area (Å²) in [4.78, 5) is 36.5. The Morgan fingerprint density at radius 2 is 1.54 bits per heavy atom. The smallest absolute Gasteiger partial charge is 0.335 e. The van der Waals surface area contributed by atoms with Crippen molar-refractivity contribution in [1.29, 1.82) is 0 Å². The van der Waals surface area contributed by atoms with E-state index in [9.17, 15) is 9.59 Å². The van der Waals surface area contributed by atoms with Crippen LogP contribution in [0.1, 0.15) is 20.8 Å². The molecule has 1 saturated heterocycles. The van der Waals surface area contributed by atoms with Gasteiger partial charge in [-0.05, 0) is 81.4 Å². The van der Waals surface area contributed by atoms with Crippen LogP contribution < -0.4 is 9.80 Å². The average molecular weight is 611 g/mol. The lowest BCUT2D eigenvalue weighted by Crippen LogP contribution is -2.59. The molecule has 0 N–H and O–H groups in total. The van der Waals surface area contributed by atoms with Gasteiger partial charge in [0.05, 0.1) is 36.9 Å². The van der Waals surface area contributed by atoms with Gasteiger partial charge in [0.2, 0.25) is 0 Å². The number of benzene rings is 3. The number of rotatable bonds is 5. The van der Waals surface area contributed by atoms with Crippen LogP contribution >= 0.6 is 35.0 Å². The van der Waals surface area contributed by atoms with Crippen LogP contribution in [-0.2, 0) is 19.1 Å². The second kappa shape index (κ2) is 11.1. The van der Waals surface area contributed by atoms with Gasteiger partial charge in [0, 0.05) is 27.2 Å². The van der Waals surface area contributed by atoms with E-state index in [0.717, 1.165) is 10.6 Å². The number of thioether (sulfide) groups is 1. The van der Waals surface area contributed by atoms with Gasteiger partial charge in [-0.25, -0.2) is 9.79 Å². The summed E-state index contributed by atoms with van der Waals surface area (Å²) in [5.74, 6) is -0.646. The first-order valence-electron chi connectivity index (χ1n) is 13.0. The van der Waals surface area contributed by atoms with Crippen LogP contribution in [0, 0.1) is 5.41 Å². The van der Waals surface area contributed by atoms with Gasteiger partial charge in [0.25, 0.3) is 0 Å². The minimum absolute atomic E-state index is 0.331. The molecule has 7 nitrogen and oxygen atoms in total. The molecule has 1 fully saturated rings. The van der Waals surface area contributed by atoms with E-state index in [1.807, 2.05) is 55.1 Å². The lowest BCUT2D eigenvalue weighted by atomic mass is 9.80. The number of esters is 2. The van der Waals surface area contributed by atoms with Gasteiger partial charge in [-0.1, -0.05) is 47.1 Å². The number of likely N-dealkylation sites (N-methyl/N-ethyl adjacent to an activating group) is 1. The molecule has 10 heteroatoms. The monoisotopic (exact) mass is 609 g/mol. The molecule has 5 rings (SSSR count). The first-order valence-corrected chi connectivity index (χ1v) is 14.6. The number of anilines is 2. The number of carbonyl (C=O) groups excluding carboxylic acids is 2. The normalized spacial score (nSPS) is 23.6. The van der Waals surface area contributed by atoms with E-state index in [-0.39, 0.29) is 0 Å². The van der Waals surface area contributed by atoms with Crippen molar-refractivity contribution in [3.8, 4) is 0 Å². The van der Waals surface area contributed by atoms with Crippen molar-refractivity contribution in [2.45, 2.75) is 30.5 Å². The first-order chi connectivity index (χ1) is 19.6. The van der Waals surface area contributed by atoms with E-state index in [1.165, 1.54) is 26.0 Å². The van der Waals surface area contributed by atoms with E-state index in [2.05, 4.69) is 4.90 Å². The highest BCUT2D eigenvalue weighted by atomic mass is 35.5. The maximum Gasteiger partial charge on any atom is 0.335 e. The van der Waals surface area contributed by atoms with Gasteiger partial charge in [0.1, 0.15) is 5.84 Å². The summed E-state index contributed by atoms with van der Waals surface area (Å²) in [5.41, 5.74) is 1.64. The van der Waals surface area contributed by atoms with Gasteiger partial charge in [0.15, 0.2) is 10.3 Å². The fraction of sp³-hybridized carbons (Fsp3) is 0.258. The third-order valence-electron chi connectivity index (χ3n) is 7.58. The molecule has 41 heavy (non-hydrogen) atoms. The Bertz CT molecular complexity index is 1570. The molecule has 0 amide bonds. The molecule has 1 spiro atoms. The van der Waals surface area contributed by atoms with Crippen molar-refractivity contribution in [3.63, 3.8) is 0 Å². The lowest BCUT2D eigenvalue weighted by Gasteiger charge is -2.44. The quantitative estimate of drug-likeness (QED) is 0.219. The van der Waals surface area contributed by atoms with Crippen LogP contribution in [0.3, 0.4) is 0 Å². The van der Waals surface area contributed by atoms with Crippen molar-refractivity contribution in [3.05, 3.63) is 94.1 Å². The van der Waals surface area contributed by atoms with Crippen molar-refractivity contribution in [1.82, 2.24) is 0 Å². The second-order valence-corrected chi connectivity index (χ2v) is 11.9. The first kappa shape index (κ1) is 29.0. The summed E-state index contributed by atoms with van der Waals surface area (Å²) in [7, 11) is 2.71. The van der Waals surface area contributed by atoms with Crippen molar-refractivity contribution in [2.24, 2.45) is 10.4 Å². The SMILES string of the molecule is CCN1c2ccccc2S[C@]12/C(=C(/C)C(=O)OC)N(c1ccc(Cl)cc1)C(=Nc1ccc(Cl)cc1)[C@]2(C)C(=O)OC. The van der Waals surface area contributed by atoms with E-state index in [4.69, 9.17) is 37.7 Å². The molecule has 0 aliphatic carbocycles. The number of amidine groups is 1. The number of hydrogen-bond donors (Lipinski definition) is 0. The number of ether oxygens (including phenoxy) is 2. The number of hydrogen-bond acceptors (Lipinski definition) is 7. The molecule has 0 bridgehead atoms. The van der Waals surface area contributed by atoms with Crippen LogP contribution in [0.5, 0.6) is 0 Å². The second-order valence-electron chi connectivity index (χ2n) is 9.76. The molecule has 0 unspecified atom stereocenters. The summed E-state index contributed by atoms with van der Waals surface area (Å²) < 4.78 is 10.8. The largest absolute Gasteiger partial charge is 0.468 e. The predicted molar refractivity (Wildman–Crippen MR) is 165 cm³/mol. The zero-order chi connectivity index (χ0) is 29.5. The number of nitrogens with zero attached hydrogens (tertiary/aromatic N) is 3. The Labute approximate surface area is 253 Å². The molecule has 0 aromatic heterocycles. The third-order valence-corrected chi connectivity index (χ3v) is 9.76. The summed E-state index contributed by atoms with van der Waals surface area (Å²) in [5, 5.41) is 1.10. The van der Waals surface area contributed by atoms with E-state index in [0.29, 0.717) is 45.1 Å². The highest BCUT2D eigenvalue weighted by Crippen LogP contribution is 2.67. The highest BCUT2D eigenvalue weighted by molar-refractivity contribution is 8.01. The van der Waals surface area contributed by atoms with Crippen molar-refractivity contribution >= 4 is 69.8 Å². The molecule has 2 aliphatic heterocycles. The summed E-state index contributed by atoms with van der Waals surface area (Å²) in [6.07, 6.45) is 0. The number of aliphatic imine (C=N–C) groups is 1. The van der Waals surface area contributed by atoms with Crippen LogP contribution in [0.2, 0.25) is 10.0 Å². The molecular formula is C31H29Cl2N3O4S. The standard InChI is InChI=1S/C31H29Cl2N3O4S/c1-6-35-24-9-7-8-10-25(24)41-31(35)26(19(2)27(37)39-4)36(23-17-13-21(33)14-18-23)28(30(31,3)29(38)40-5)34-22-15-11-20(32)12-16-22/h7-18H,6H2,1-5H3/b26-19+,34-28?/t30-,31+/m1/s1. The van der Waals surface area contributed by atoms with Crippen LogP contribution in [0.25, 0.3) is 0 Å².